The van der Waals surface area contributed by atoms with Gasteiger partial charge in [0.25, 0.3) is 0 Å². The summed E-state index contributed by atoms with van der Waals surface area (Å²) in [6.07, 6.45) is 4.61. The number of hydrogen-bond acceptors (Lipinski definition) is 3. The second kappa shape index (κ2) is 5.28. The Hall–Kier alpha value is -0.120. The molecule has 1 fully saturated rings. The molecule has 1 saturated carbocycles. The van der Waals surface area contributed by atoms with Gasteiger partial charge in [-0.3, -0.25) is 0 Å². The topological polar surface area (TPSA) is 49.5 Å². The lowest BCUT2D eigenvalue weighted by Gasteiger charge is -2.27. The highest BCUT2D eigenvalue weighted by molar-refractivity contribution is 4.84. The molecular formula is C12H26N2O. The van der Waals surface area contributed by atoms with Crippen LogP contribution >= 0.6 is 0 Å². The highest BCUT2D eigenvalue weighted by Crippen LogP contribution is 2.34. The van der Waals surface area contributed by atoms with Crippen LogP contribution in [0.25, 0.3) is 0 Å². The van der Waals surface area contributed by atoms with E-state index in [0.29, 0.717) is 12.6 Å². The maximum atomic E-state index is 9.75. The third kappa shape index (κ3) is 4.49. The first-order chi connectivity index (χ1) is 6.96. The van der Waals surface area contributed by atoms with Crippen molar-refractivity contribution in [3.8, 4) is 0 Å². The fourth-order valence-corrected chi connectivity index (χ4v) is 1.95. The zero-order chi connectivity index (χ0) is 11.5. The molecule has 3 nitrogen and oxygen atoms in total. The molecule has 1 aliphatic rings. The minimum atomic E-state index is -0.677. The highest BCUT2D eigenvalue weighted by atomic mass is 16.3. The Kier molecular flexibility index (Phi) is 4.56. The van der Waals surface area contributed by atoms with E-state index < -0.39 is 5.60 Å². The van der Waals surface area contributed by atoms with Gasteiger partial charge in [-0.2, -0.15) is 0 Å². The van der Waals surface area contributed by atoms with Crippen molar-refractivity contribution in [3.63, 3.8) is 0 Å². The summed E-state index contributed by atoms with van der Waals surface area (Å²) >= 11 is 0. The Morgan fingerprint density at radius 3 is 2.60 bits per heavy atom. The second-order valence-electron chi connectivity index (χ2n) is 5.36. The molecule has 90 valence electrons. The standard InChI is InChI=1S/C12H26N2O/c1-10(11-5-6-11)14(3)8-4-7-12(2,15)9-13/h10-11,15H,4-9,13H2,1-3H3. The Labute approximate surface area is 93.6 Å². The molecule has 3 heteroatoms. The van der Waals surface area contributed by atoms with Crippen LogP contribution in [-0.2, 0) is 0 Å². The number of nitrogens with two attached hydrogens (primary N) is 1. The summed E-state index contributed by atoms with van der Waals surface area (Å²) < 4.78 is 0. The molecule has 15 heavy (non-hydrogen) atoms. The molecule has 1 aliphatic carbocycles. The van der Waals surface area contributed by atoms with E-state index >= 15 is 0 Å². The molecule has 0 saturated heterocycles. The molecular weight excluding hydrogens is 188 g/mol. The van der Waals surface area contributed by atoms with E-state index in [1.807, 2.05) is 6.92 Å². The summed E-state index contributed by atoms with van der Waals surface area (Å²) in [6, 6.07) is 0.702. The average Bonchev–Trinajstić information content (AvgIpc) is 2.99. The van der Waals surface area contributed by atoms with Gasteiger partial charge in [-0.05, 0) is 59.0 Å². The van der Waals surface area contributed by atoms with E-state index in [2.05, 4.69) is 18.9 Å². The lowest BCUT2D eigenvalue weighted by Crippen LogP contribution is -2.36. The van der Waals surface area contributed by atoms with Crippen molar-refractivity contribution in [3.05, 3.63) is 0 Å². The molecule has 2 atom stereocenters. The van der Waals surface area contributed by atoms with Crippen LogP contribution in [0, 0.1) is 5.92 Å². The van der Waals surface area contributed by atoms with Crippen molar-refractivity contribution in [1.29, 1.82) is 0 Å². The Bertz CT molecular complexity index is 190. The monoisotopic (exact) mass is 214 g/mol. The van der Waals surface area contributed by atoms with Gasteiger partial charge >= 0.3 is 0 Å². The lowest BCUT2D eigenvalue weighted by molar-refractivity contribution is 0.0537. The highest BCUT2D eigenvalue weighted by Gasteiger charge is 2.30. The molecule has 2 unspecified atom stereocenters. The number of rotatable bonds is 7. The van der Waals surface area contributed by atoms with E-state index in [4.69, 9.17) is 5.73 Å². The molecule has 0 aromatic rings. The van der Waals surface area contributed by atoms with Gasteiger partial charge in [0.15, 0.2) is 0 Å². The first kappa shape index (κ1) is 12.9. The van der Waals surface area contributed by atoms with Crippen molar-refractivity contribution >= 4 is 0 Å². The smallest absolute Gasteiger partial charge is 0.0741 e. The van der Waals surface area contributed by atoms with Gasteiger partial charge in [-0.25, -0.2) is 0 Å². The van der Waals surface area contributed by atoms with Crippen LogP contribution in [0.2, 0.25) is 0 Å². The fourth-order valence-electron chi connectivity index (χ4n) is 1.95. The predicted octanol–water partition coefficient (Wildman–Crippen LogP) is 1.21. The van der Waals surface area contributed by atoms with Crippen molar-refractivity contribution < 1.29 is 5.11 Å². The summed E-state index contributed by atoms with van der Waals surface area (Å²) in [7, 11) is 2.18. The summed E-state index contributed by atoms with van der Waals surface area (Å²) in [5, 5.41) is 9.75. The van der Waals surface area contributed by atoms with E-state index in [9.17, 15) is 5.11 Å². The molecule has 0 amide bonds. The SMILES string of the molecule is CC(C1CC1)N(C)CCCC(C)(O)CN. The van der Waals surface area contributed by atoms with E-state index in [0.717, 1.165) is 25.3 Å². The maximum Gasteiger partial charge on any atom is 0.0741 e. The molecule has 0 aliphatic heterocycles. The first-order valence-electron chi connectivity index (χ1n) is 6.09. The van der Waals surface area contributed by atoms with Crippen LogP contribution in [0.5, 0.6) is 0 Å². The van der Waals surface area contributed by atoms with Crippen LogP contribution in [0.1, 0.15) is 39.5 Å². The third-order valence-electron chi connectivity index (χ3n) is 3.67. The minimum absolute atomic E-state index is 0.356. The third-order valence-corrected chi connectivity index (χ3v) is 3.67. The summed E-state index contributed by atoms with van der Waals surface area (Å²) in [5.74, 6) is 0.921. The number of aliphatic hydroxyl groups is 1. The van der Waals surface area contributed by atoms with Crippen molar-refractivity contribution in [2.75, 3.05) is 20.1 Å². The van der Waals surface area contributed by atoms with Crippen molar-refractivity contribution in [2.24, 2.45) is 11.7 Å². The molecule has 1 rings (SSSR count). The lowest BCUT2D eigenvalue weighted by atomic mass is 10.0. The van der Waals surface area contributed by atoms with Crippen LogP contribution < -0.4 is 5.73 Å². The summed E-state index contributed by atoms with van der Waals surface area (Å²) in [4.78, 5) is 2.41. The van der Waals surface area contributed by atoms with E-state index in [-0.39, 0.29) is 0 Å². The molecule has 0 aromatic heterocycles. The van der Waals surface area contributed by atoms with Crippen molar-refractivity contribution in [2.45, 2.75) is 51.2 Å². The van der Waals surface area contributed by atoms with Crippen LogP contribution in [0.4, 0.5) is 0 Å². The minimum Gasteiger partial charge on any atom is -0.389 e. The van der Waals surface area contributed by atoms with Gasteiger partial charge in [0.1, 0.15) is 0 Å². The number of hydrogen-bond donors (Lipinski definition) is 2. The van der Waals surface area contributed by atoms with E-state index in [1.165, 1.54) is 12.8 Å². The van der Waals surface area contributed by atoms with Crippen LogP contribution in [0.15, 0.2) is 0 Å². The predicted molar refractivity (Wildman–Crippen MR) is 63.7 cm³/mol. The zero-order valence-corrected chi connectivity index (χ0v) is 10.4. The largest absolute Gasteiger partial charge is 0.389 e. The summed E-state index contributed by atoms with van der Waals surface area (Å²) in [6.45, 7) is 5.54. The Morgan fingerprint density at radius 2 is 2.13 bits per heavy atom. The van der Waals surface area contributed by atoms with Crippen molar-refractivity contribution in [1.82, 2.24) is 4.90 Å². The first-order valence-corrected chi connectivity index (χ1v) is 6.09. The van der Waals surface area contributed by atoms with Gasteiger partial charge < -0.3 is 15.7 Å². The second-order valence-corrected chi connectivity index (χ2v) is 5.36. The molecule has 0 radical (unpaired) electrons. The number of nitrogens with zero attached hydrogens (tertiary/aromatic N) is 1. The quantitative estimate of drug-likeness (QED) is 0.669. The van der Waals surface area contributed by atoms with Gasteiger partial charge in [0, 0.05) is 12.6 Å². The summed E-state index contributed by atoms with van der Waals surface area (Å²) in [5.41, 5.74) is 4.80. The Balaban J connectivity index is 2.13. The normalized spacial score (nSPS) is 22.8. The van der Waals surface area contributed by atoms with Gasteiger partial charge in [0.05, 0.1) is 5.60 Å². The molecule has 3 N–H and O–H groups in total. The van der Waals surface area contributed by atoms with Crippen LogP contribution in [0.3, 0.4) is 0 Å². The molecule has 0 spiro atoms. The van der Waals surface area contributed by atoms with Gasteiger partial charge in [-0.1, -0.05) is 0 Å². The van der Waals surface area contributed by atoms with Gasteiger partial charge in [-0.15, -0.1) is 0 Å². The van der Waals surface area contributed by atoms with Gasteiger partial charge in [0.2, 0.25) is 0 Å². The Morgan fingerprint density at radius 1 is 1.53 bits per heavy atom. The average molecular weight is 214 g/mol. The molecule has 0 aromatic carbocycles. The fraction of sp³-hybridized carbons (Fsp3) is 1.00. The van der Waals surface area contributed by atoms with E-state index in [1.54, 1.807) is 0 Å². The molecule has 0 heterocycles. The maximum absolute atomic E-state index is 9.75. The molecule has 0 bridgehead atoms. The zero-order valence-electron chi connectivity index (χ0n) is 10.4. The van der Waals surface area contributed by atoms with Crippen LogP contribution in [-0.4, -0.2) is 41.8 Å².